The number of piperazine rings is 1. The van der Waals surface area contributed by atoms with E-state index in [1.807, 2.05) is 12.4 Å². The molecule has 0 amide bonds. The summed E-state index contributed by atoms with van der Waals surface area (Å²) in [5.41, 5.74) is 12.5. The molecule has 0 bridgehead atoms. The number of allylic oxidation sites excluding steroid dienone is 3. The van der Waals surface area contributed by atoms with Gasteiger partial charge in [0.25, 0.3) is 0 Å². The lowest BCUT2D eigenvalue weighted by molar-refractivity contribution is 0.579. The van der Waals surface area contributed by atoms with Crippen molar-refractivity contribution in [1.82, 2.24) is 20.3 Å². The maximum Gasteiger partial charge on any atom is 0.225 e. The van der Waals surface area contributed by atoms with E-state index in [-0.39, 0.29) is 0 Å². The molecule has 5 nitrogen and oxygen atoms in total. The predicted molar refractivity (Wildman–Crippen MR) is 146 cm³/mol. The van der Waals surface area contributed by atoms with Crippen LogP contribution in [0.1, 0.15) is 61.2 Å². The molecule has 0 unspecified atom stereocenters. The molecule has 5 rings (SSSR count). The molecule has 180 valence electrons. The maximum absolute atomic E-state index is 4.78. The third kappa shape index (κ3) is 4.92. The van der Waals surface area contributed by atoms with Gasteiger partial charge < -0.3 is 10.2 Å². The fraction of sp³-hybridized carbons (Fsp3) is 0.367. The van der Waals surface area contributed by atoms with Gasteiger partial charge in [0.05, 0.1) is 0 Å². The molecule has 1 aromatic carbocycles. The summed E-state index contributed by atoms with van der Waals surface area (Å²) in [6, 6.07) is 11.3. The highest BCUT2D eigenvalue weighted by Gasteiger charge is 2.20. The summed E-state index contributed by atoms with van der Waals surface area (Å²) in [7, 11) is 0. The van der Waals surface area contributed by atoms with Gasteiger partial charge in [0.1, 0.15) is 0 Å². The molecule has 0 atom stereocenters. The number of aryl methyl sites for hydroxylation is 2. The van der Waals surface area contributed by atoms with Crippen LogP contribution < -0.4 is 10.2 Å². The Morgan fingerprint density at radius 1 is 0.857 bits per heavy atom. The van der Waals surface area contributed by atoms with Crippen LogP contribution >= 0.6 is 0 Å². The SMILES string of the molecule is CCC1=Cc2cc(-c3cc(C)nc(C)c3)ccc2C(CC)=C(c2cnc(N3CCNCC3)nc2)C1. The van der Waals surface area contributed by atoms with E-state index >= 15 is 0 Å². The van der Waals surface area contributed by atoms with Gasteiger partial charge in [-0.15, -0.1) is 0 Å². The van der Waals surface area contributed by atoms with Crippen LogP contribution in [0.4, 0.5) is 5.95 Å². The molecule has 0 saturated carbocycles. The lowest BCUT2D eigenvalue weighted by Crippen LogP contribution is -2.44. The number of fused-ring (bicyclic) bond motifs is 1. The van der Waals surface area contributed by atoms with E-state index in [9.17, 15) is 0 Å². The van der Waals surface area contributed by atoms with E-state index in [2.05, 4.69) is 79.3 Å². The number of benzene rings is 1. The second-order valence-corrected chi connectivity index (χ2v) is 9.59. The van der Waals surface area contributed by atoms with E-state index in [0.717, 1.165) is 68.3 Å². The topological polar surface area (TPSA) is 53.9 Å². The zero-order valence-corrected chi connectivity index (χ0v) is 21.4. The molecule has 0 radical (unpaired) electrons. The minimum atomic E-state index is 0.835. The van der Waals surface area contributed by atoms with Crippen molar-refractivity contribution < 1.29 is 0 Å². The summed E-state index contributed by atoms with van der Waals surface area (Å²) >= 11 is 0. The van der Waals surface area contributed by atoms with E-state index < -0.39 is 0 Å². The molecule has 35 heavy (non-hydrogen) atoms. The smallest absolute Gasteiger partial charge is 0.225 e. The lowest BCUT2D eigenvalue weighted by atomic mass is 9.89. The molecule has 3 aromatic rings. The van der Waals surface area contributed by atoms with Gasteiger partial charge in [0.2, 0.25) is 5.95 Å². The zero-order valence-electron chi connectivity index (χ0n) is 21.4. The Hall–Kier alpha value is -3.31. The van der Waals surface area contributed by atoms with Crippen LogP contribution in [0.25, 0.3) is 28.3 Å². The molecule has 2 aromatic heterocycles. The van der Waals surface area contributed by atoms with Crippen LogP contribution in [-0.2, 0) is 0 Å². The second kappa shape index (κ2) is 10.1. The van der Waals surface area contributed by atoms with Crippen molar-refractivity contribution >= 4 is 23.2 Å². The van der Waals surface area contributed by atoms with Crippen LogP contribution in [0.2, 0.25) is 0 Å². The van der Waals surface area contributed by atoms with Crippen LogP contribution in [0.5, 0.6) is 0 Å². The number of hydrogen-bond acceptors (Lipinski definition) is 5. The number of rotatable bonds is 5. The minimum absolute atomic E-state index is 0.835. The predicted octanol–water partition coefficient (Wildman–Crippen LogP) is 6.08. The molecule has 3 heterocycles. The molecule has 1 fully saturated rings. The summed E-state index contributed by atoms with van der Waals surface area (Å²) in [5.74, 6) is 0.835. The molecule has 1 saturated heterocycles. The average Bonchev–Trinajstić information content (AvgIpc) is 3.04. The number of nitrogens with one attached hydrogen (secondary N) is 1. The van der Waals surface area contributed by atoms with Gasteiger partial charge in [-0.05, 0) is 84.7 Å². The fourth-order valence-electron chi connectivity index (χ4n) is 5.32. The van der Waals surface area contributed by atoms with Gasteiger partial charge >= 0.3 is 0 Å². The Morgan fingerprint density at radius 2 is 1.57 bits per heavy atom. The van der Waals surface area contributed by atoms with Crippen molar-refractivity contribution in [3.63, 3.8) is 0 Å². The quantitative estimate of drug-likeness (QED) is 0.495. The van der Waals surface area contributed by atoms with Gasteiger partial charge in [0, 0.05) is 55.5 Å². The summed E-state index contributed by atoms with van der Waals surface area (Å²) in [4.78, 5) is 16.4. The maximum atomic E-state index is 4.78. The average molecular weight is 466 g/mol. The summed E-state index contributed by atoms with van der Waals surface area (Å²) in [6.07, 6.45) is 9.40. The minimum Gasteiger partial charge on any atom is -0.338 e. The first-order valence-electron chi connectivity index (χ1n) is 12.8. The summed E-state index contributed by atoms with van der Waals surface area (Å²) in [5, 5.41) is 3.39. The van der Waals surface area contributed by atoms with Crippen LogP contribution in [0.3, 0.4) is 0 Å². The van der Waals surface area contributed by atoms with Crippen LogP contribution in [0, 0.1) is 13.8 Å². The van der Waals surface area contributed by atoms with Gasteiger partial charge in [-0.1, -0.05) is 37.6 Å². The Bertz CT molecular complexity index is 1260. The van der Waals surface area contributed by atoms with E-state index in [1.54, 1.807) is 0 Å². The van der Waals surface area contributed by atoms with Crippen molar-refractivity contribution in [2.75, 3.05) is 31.1 Å². The Balaban J connectivity index is 1.57. The monoisotopic (exact) mass is 465 g/mol. The van der Waals surface area contributed by atoms with Crippen molar-refractivity contribution in [1.29, 1.82) is 0 Å². The third-order valence-corrected chi connectivity index (χ3v) is 7.11. The molecule has 2 aliphatic rings. The molecule has 1 N–H and O–H groups in total. The van der Waals surface area contributed by atoms with Gasteiger partial charge in [-0.3, -0.25) is 4.98 Å². The number of nitrogens with zero attached hydrogens (tertiary/aromatic N) is 4. The van der Waals surface area contributed by atoms with Crippen molar-refractivity contribution in [2.24, 2.45) is 0 Å². The second-order valence-electron chi connectivity index (χ2n) is 9.59. The molecular formula is C30H35N5. The summed E-state index contributed by atoms with van der Waals surface area (Å²) in [6.45, 7) is 12.5. The first-order valence-corrected chi connectivity index (χ1v) is 12.8. The molecule has 5 heteroatoms. The number of hydrogen-bond donors (Lipinski definition) is 1. The van der Waals surface area contributed by atoms with Gasteiger partial charge in [-0.25, -0.2) is 9.97 Å². The highest BCUT2D eigenvalue weighted by molar-refractivity contribution is 5.96. The Morgan fingerprint density at radius 3 is 2.23 bits per heavy atom. The molecular weight excluding hydrogens is 430 g/mol. The van der Waals surface area contributed by atoms with E-state index in [0.29, 0.717) is 0 Å². The fourth-order valence-corrected chi connectivity index (χ4v) is 5.32. The number of pyridine rings is 1. The highest BCUT2D eigenvalue weighted by Crippen LogP contribution is 2.40. The third-order valence-electron chi connectivity index (χ3n) is 7.11. The standard InChI is InChI=1S/C30H35N5/c1-5-22-15-25-17-23(24-13-20(3)34-21(4)14-24)7-8-28(25)27(6-2)29(16-22)26-18-32-30(33-19-26)35-11-9-31-10-12-35/h7-8,13-15,17-19,31H,5-6,9-12,16H2,1-4H3. The van der Waals surface area contributed by atoms with Gasteiger partial charge in [0.15, 0.2) is 0 Å². The van der Waals surface area contributed by atoms with E-state index in [1.165, 1.54) is 39.0 Å². The Kier molecular flexibility index (Phi) is 6.78. The Labute approximate surface area is 209 Å². The van der Waals surface area contributed by atoms with Crippen LogP contribution in [-0.4, -0.2) is 41.1 Å². The van der Waals surface area contributed by atoms with Crippen LogP contribution in [0.15, 0.2) is 48.3 Å². The van der Waals surface area contributed by atoms with Crippen molar-refractivity contribution in [3.05, 3.63) is 76.4 Å². The highest BCUT2D eigenvalue weighted by atomic mass is 15.3. The van der Waals surface area contributed by atoms with Crippen molar-refractivity contribution in [2.45, 2.75) is 47.0 Å². The molecule has 1 aliphatic carbocycles. The first kappa shape index (κ1) is 23.4. The molecule has 0 spiro atoms. The number of anilines is 1. The zero-order chi connectivity index (χ0) is 24.4. The normalized spacial score (nSPS) is 16.1. The summed E-state index contributed by atoms with van der Waals surface area (Å²) < 4.78 is 0. The lowest BCUT2D eigenvalue weighted by Gasteiger charge is -2.27. The first-order chi connectivity index (χ1) is 17.1. The largest absolute Gasteiger partial charge is 0.338 e. The van der Waals surface area contributed by atoms with Gasteiger partial charge in [-0.2, -0.15) is 0 Å². The van der Waals surface area contributed by atoms with E-state index in [4.69, 9.17) is 9.97 Å². The van der Waals surface area contributed by atoms with Crippen molar-refractivity contribution in [3.8, 4) is 11.1 Å². The number of aromatic nitrogens is 3. The molecule has 1 aliphatic heterocycles.